The number of halogens is 2. The molecule has 0 saturated carbocycles. The van der Waals surface area contributed by atoms with E-state index in [-0.39, 0.29) is 12.1 Å². The Bertz CT molecular complexity index is 730. The minimum Gasteiger partial charge on any atom is -0.343 e. The van der Waals surface area contributed by atoms with E-state index < -0.39 is 23.4 Å². The van der Waals surface area contributed by atoms with E-state index in [1.54, 1.807) is 6.07 Å². The lowest BCUT2D eigenvalue weighted by Gasteiger charge is -2.04. The Morgan fingerprint density at radius 1 is 1.04 bits per heavy atom. The van der Waals surface area contributed by atoms with Crippen molar-refractivity contribution in [2.45, 2.75) is 0 Å². The number of hydrogen-bond donors (Lipinski definition) is 2. The van der Waals surface area contributed by atoms with Gasteiger partial charge in [-0.3, -0.25) is 9.59 Å². The Morgan fingerprint density at radius 3 is 2.48 bits per heavy atom. The first kappa shape index (κ1) is 16.3. The molecule has 0 spiro atoms. The number of nitrogens with zero attached hydrogens (tertiary/aromatic N) is 1. The van der Waals surface area contributed by atoms with Crippen LogP contribution in [0.1, 0.15) is 15.9 Å². The number of carbonyl (C=O) groups is 2. The van der Waals surface area contributed by atoms with E-state index in [1.807, 2.05) is 0 Å². The van der Waals surface area contributed by atoms with E-state index in [2.05, 4.69) is 15.8 Å². The zero-order chi connectivity index (χ0) is 16.7. The van der Waals surface area contributed by atoms with Crippen LogP contribution in [0.25, 0.3) is 0 Å². The molecule has 2 rings (SSSR count). The predicted octanol–water partition coefficient (Wildman–Crippen LogP) is 1.84. The molecule has 0 aromatic heterocycles. The van der Waals surface area contributed by atoms with E-state index in [1.165, 1.54) is 36.5 Å². The number of rotatable bonds is 5. The molecule has 2 aromatic carbocycles. The van der Waals surface area contributed by atoms with Gasteiger partial charge in [0.2, 0.25) is 0 Å². The van der Waals surface area contributed by atoms with Gasteiger partial charge in [0.25, 0.3) is 11.8 Å². The average molecular weight is 317 g/mol. The number of carbonyl (C=O) groups excluding carboxylic acids is 2. The van der Waals surface area contributed by atoms with Crippen molar-refractivity contribution in [3.63, 3.8) is 0 Å². The SMILES string of the molecule is O=C(CNC(=O)c1ccc(F)cc1)N/N=C/c1cccc(F)c1. The molecule has 23 heavy (non-hydrogen) atoms. The second kappa shape index (κ2) is 7.79. The largest absolute Gasteiger partial charge is 0.343 e. The lowest BCUT2D eigenvalue weighted by Crippen LogP contribution is -2.34. The van der Waals surface area contributed by atoms with Gasteiger partial charge in [0.15, 0.2) is 0 Å². The Balaban J connectivity index is 1.78. The second-order valence-electron chi connectivity index (χ2n) is 4.54. The highest BCUT2D eigenvalue weighted by molar-refractivity contribution is 5.96. The smallest absolute Gasteiger partial charge is 0.259 e. The van der Waals surface area contributed by atoms with Gasteiger partial charge in [-0.15, -0.1) is 0 Å². The third-order valence-corrected chi connectivity index (χ3v) is 2.77. The van der Waals surface area contributed by atoms with E-state index >= 15 is 0 Å². The number of nitrogens with one attached hydrogen (secondary N) is 2. The van der Waals surface area contributed by atoms with E-state index in [0.29, 0.717) is 5.56 Å². The second-order valence-corrected chi connectivity index (χ2v) is 4.54. The van der Waals surface area contributed by atoms with Gasteiger partial charge in [-0.05, 0) is 42.0 Å². The summed E-state index contributed by atoms with van der Waals surface area (Å²) in [5.41, 5.74) is 2.92. The molecule has 2 aromatic rings. The monoisotopic (exact) mass is 317 g/mol. The minimum absolute atomic E-state index is 0.238. The predicted molar refractivity (Wildman–Crippen MR) is 80.9 cm³/mol. The summed E-state index contributed by atoms with van der Waals surface area (Å²) in [6, 6.07) is 10.6. The summed E-state index contributed by atoms with van der Waals surface area (Å²) in [4.78, 5) is 23.2. The van der Waals surface area contributed by atoms with Crippen molar-refractivity contribution in [3.05, 3.63) is 71.3 Å². The molecule has 0 unspecified atom stereocenters. The maximum Gasteiger partial charge on any atom is 0.259 e. The van der Waals surface area contributed by atoms with Crippen LogP contribution in [-0.2, 0) is 4.79 Å². The normalized spacial score (nSPS) is 10.5. The number of hydrazone groups is 1. The quantitative estimate of drug-likeness (QED) is 0.652. The Kier molecular flexibility index (Phi) is 5.51. The summed E-state index contributed by atoms with van der Waals surface area (Å²) >= 11 is 0. The molecule has 2 N–H and O–H groups in total. The third-order valence-electron chi connectivity index (χ3n) is 2.77. The molecule has 0 radical (unpaired) electrons. The highest BCUT2D eigenvalue weighted by atomic mass is 19.1. The summed E-state index contributed by atoms with van der Waals surface area (Å²) in [5.74, 6) is -1.92. The first-order valence-corrected chi connectivity index (χ1v) is 6.66. The molecular weight excluding hydrogens is 304 g/mol. The first-order chi connectivity index (χ1) is 11.0. The van der Waals surface area contributed by atoms with E-state index in [9.17, 15) is 18.4 Å². The van der Waals surface area contributed by atoms with Crippen LogP contribution < -0.4 is 10.7 Å². The van der Waals surface area contributed by atoms with Crippen LogP contribution in [0.15, 0.2) is 53.6 Å². The van der Waals surface area contributed by atoms with Crippen molar-refractivity contribution in [2.24, 2.45) is 5.10 Å². The lowest BCUT2D eigenvalue weighted by atomic mass is 10.2. The molecule has 0 aliphatic carbocycles. The topological polar surface area (TPSA) is 70.6 Å². The van der Waals surface area contributed by atoms with Gasteiger partial charge in [-0.1, -0.05) is 12.1 Å². The molecule has 5 nitrogen and oxygen atoms in total. The molecule has 0 bridgehead atoms. The molecule has 7 heteroatoms. The molecule has 0 aliphatic heterocycles. The van der Waals surface area contributed by atoms with Gasteiger partial charge in [0.05, 0.1) is 12.8 Å². The highest BCUT2D eigenvalue weighted by Gasteiger charge is 2.07. The standard InChI is InChI=1S/C16H13F2N3O2/c17-13-6-4-12(5-7-13)16(23)19-10-15(22)21-20-9-11-2-1-3-14(18)8-11/h1-9H,10H2,(H,19,23)(H,21,22)/b20-9+. The van der Waals surface area contributed by atoms with Crippen LogP contribution in [-0.4, -0.2) is 24.6 Å². The first-order valence-electron chi connectivity index (χ1n) is 6.66. The Labute approximate surface area is 131 Å². The molecular formula is C16H13F2N3O2. The van der Waals surface area contributed by atoms with Gasteiger partial charge in [-0.25, -0.2) is 14.2 Å². The van der Waals surface area contributed by atoms with E-state index in [4.69, 9.17) is 0 Å². The van der Waals surface area contributed by atoms with Gasteiger partial charge in [0.1, 0.15) is 11.6 Å². The van der Waals surface area contributed by atoms with Crippen LogP contribution in [0.5, 0.6) is 0 Å². The summed E-state index contributed by atoms with van der Waals surface area (Å²) in [5, 5.41) is 6.02. The fraction of sp³-hybridized carbons (Fsp3) is 0.0625. The molecule has 2 amide bonds. The number of hydrogen-bond acceptors (Lipinski definition) is 3. The fourth-order valence-corrected chi connectivity index (χ4v) is 1.67. The van der Waals surface area contributed by atoms with Gasteiger partial charge in [0, 0.05) is 5.56 Å². The van der Waals surface area contributed by atoms with Crippen LogP contribution in [0.4, 0.5) is 8.78 Å². The Hall–Kier alpha value is -3.09. The Morgan fingerprint density at radius 2 is 1.78 bits per heavy atom. The molecule has 0 fully saturated rings. The maximum atomic E-state index is 12.9. The van der Waals surface area contributed by atoms with Crippen molar-refractivity contribution >= 4 is 18.0 Å². The van der Waals surface area contributed by atoms with Crippen LogP contribution >= 0.6 is 0 Å². The van der Waals surface area contributed by atoms with E-state index in [0.717, 1.165) is 12.1 Å². The van der Waals surface area contributed by atoms with Crippen molar-refractivity contribution in [2.75, 3.05) is 6.54 Å². The summed E-state index contributed by atoms with van der Waals surface area (Å²) < 4.78 is 25.7. The molecule has 0 saturated heterocycles. The van der Waals surface area contributed by atoms with Crippen LogP contribution in [0.2, 0.25) is 0 Å². The summed E-state index contributed by atoms with van der Waals surface area (Å²) in [6.45, 7) is -0.295. The van der Waals surface area contributed by atoms with Crippen molar-refractivity contribution in [3.8, 4) is 0 Å². The number of benzene rings is 2. The van der Waals surface area contributed by atoms with Crippen LogP contribution in [0.3, 0.4) is 0 Å². The molecule has 0 aliphatic rings. The third kappa shape index (κ3) is 5.31. The van der Waals surface area contributed by atoms with Gasteiger partial charge in [-0.2, -0.15) is 5.10 Å². The average Bonchev–Trinajstić information content (AvgIpc) is 2.53. The molecule has 0 heterocycles. The van der Waals surface area contributed by atoms with Crippen molar-refractivity contribution in [1.29, 1.82) is 0 Å². The summed E-state index contributed by atoms with van der Waals surface area (Å²) in [7, 11) is 0. The van der Waals surface area contributed by atoms with Gasteiger partial charge >= 0.3 is 0 Å². The minimum atomic E-state index is -0.548. The zero-order valence-electron chi connectivity index (χ0n) is 11.9. The molecule has 0 atom stereocenters. The highest BCUT2D eigenvalue weighted by Crippen LogP contribution is 2.02. The summed E-state index contributed by atoms with van der Waals surface area (Å²) in [6.07, 6.45) is 1.28. The van der Waals surface area contributed by atoms with Crippen molar-refractivity contribution < 1.29 is 18.4 Å². The zero-order valence-corrected chi connectivity index (χ0v) is 11.9. The molecule has 118 valence electrons. The number of amides is 2. The van der Waals surface area contributed by atoms with Crippen LogP contribution in [0, 0.1) is 11.6 Å². The lowest BCUT2D eigenvalue weighted by molar-refractivity contribution is -0.120. The maximum absolute atomic E-state index is 12.9. The van der Waals surface area contributed by atoms with Crippen molar-refractivity contribution in [1.82, 2.24) is 10.7 Å². The van der Waals surface area contributed by atoms with Gasteiger partial charge < -0.3 is 5.32 Å². The fourth-order valence-electron chi connectivity index (χ4n) is 1.67.